The topological polar surface area (TPSA) is 72.2 Å². The first kappa shape index (κ1) is 13.3. The van der Waals surface area contributed by atoms with Gasteiger partial charge in [0.15, 0.2) is 0 Å². The molecule has 102 valence electrons. The van der Waals surface area contributed by atoms with Crippen LogP contribution in [0.4, 0.5) is 6.01 Å². The minimum atomic E-state index is 0.385. The average Bonchev–Trinajstić information content (AvgIpc) is 2.78. The fourth-order valence-corrected chi connectivity index (χ4v) is 1.87. The first-order chi connectivity index (χ1) is 8.74. The zero-order valence-corrected chi connectivity index (χ0v) is 11.1. The maximum Gasteiger partial charge on any atom is 0.315 e. The third-order valence-electron chi connectivity index (χ3n) is 2.84. The van der Waals surface area contributed by atoms with E-state index in [1.54, 1.807) is 0 Å². The van der Waals surface area contributed by atoms with Gasteiger partial charge in [0, 0.05) is 19.3 Å². The molecule has 1 aliphatic heterocycles. The summed E-state index contributed by atoms with van der Waals surface area (Å²) in [6.07, 6.45) is 1.98. The molecule has 1 fully saturated rings. The van der Waals surface area contributed by atoms with Crippen molar-refractivity contribution in [3.63, 3.8) is 0 Å². The van der Waals surface area contributed by atoms with Gasteiger partial charge < -0.3 is 19.8 Å². The Labute approximate surface area is 107 Å². The quantitative estimate of drug-likeness (QED) is 0.799. The lowest BCUT2D eigenvalue weighted by atomic mass is 10.1. The van der Waals surface area contributed by atoms with E-state index < -0.39 is 0 Å². The lowest BCUT2D eigenvalue weighted by molar-refractivity contribution is 0.0899. The summed E-state index contributed by atoms with van der Waals surface area (Å²) in [6.45, 7) is 7.51. The molecule has 6 heteroatoms. The minimum Gasteiger partial charge on any atom is -0.407 e. The van der Waals surface area contributed by atoms with E-state index in [-0.39, 0.29) is 0 Å². The van der Waals surface area contributed by atoms with Crippen LogP contribution in [0, 0.1) is 5.92 Å². The molecule has 1 aliphatic rings. The Balaban J connectivity index is 1.74. The fourth-order valence-electron chi connectivity index (χ4n) is 1.87. The van der Waals surface area contributed by atoms with E-state index >= 15 is 0 Å². The maximum atomic E-state index is 5.53. The maximum absolute atomic E-state index is 5.53. The third kappa shape index (κ3) is 4.27. The zero-order valence-electron chi connectivity index (χ0n) is 11.1. The summed E-state index contributed by atoms with van der Waals surface area (Å²) in [7, 11) is 0. The first-order valence-electron chi connectivity index (χ1n) is 6.61. The van der Waals surface area contributed by atoms with Gasteiger partial charge in [0.1, 0.15) is 0 Å². The lowest BCUT2D eigenvalue weighted by Gasteiger charge is -2.21. The fraction of sp³-hybridized carbons (Fsp3) is 0.833. The molecule has 0 aliphatic carbocycles. The van der Waals surface area contributed by atoms with E-state index in [0.717, 1.165) is 32.6 Å². The van der Waals surface area contributed by atoms with Gasteiger partial charge in [0.2, 0.25) is 5.89 Å². The lowest BCUT2D eigenvalue weighted by Crippen LogP contribution is -2.27. The van der Waals surface area contributed by atoms with Gasteiger partial charge in [-0.25, -0.2) is 0 Å². The van der Waals surface area contributed by atoms with Gasteiger partial charge in [-0.2, -0.15) is 0 Å². The number of hydrogen-bond acceptors (Lipinski definition) is 6. The van der Waals surface area contributed by atoms with Crippen molar-refractivity contribution in [2.45, 2.75) is 39.3 Å². The summed E-state index contributed by atoms with van der Waals surface area (Å²) in [5, 5.41) is 14.5. The van der Waals surface area contributed by atoms with Gasteiger partial charge in [0.25, 0.3) is 0 Å². The molecule has 0 amide bonds. The Bertz CT molecular complexity index is 348. The van der Waals surface area contributed by atoms with Crippen molar-refractivity contribution in [3.8, 4) is 0 Å². The van der Waals surface area contributed by atoms with E-state index in [1.165, 1.54) is 0 Å². The van der Waals surface area contributed by atoms with Crippen LogP contribution in [0.1, 0.15) is 32.6 Å². The number of aromatic nitrogens is 2. The van der Waals surface area contributed by atoms with E-state index in [0.29, 0.717) is 30.4 Å². The van der Waals surface area contributed by atoms with Crippen molar-refractivity contribution in [1.29, 1.82) is 0 Å². The van der Waals surface area contributed by atoms with Crippen LogP contribution in [-0.4, -0.2) is 36.0 Å². The van der Waals surface area contributed by atoms with Crippen LogP contribution in [-0.2, 0) is 11.3 Å². The van der Waals surface area contributed by atoms with Gasteiger partial charge in [-0.3, -0.25) is 0 Å². The Morgan fingerprint density at radius 2 is 2.06 bits per heavy atom. The Kier molecular flexibility index (Phi) is 4.95. The molecule has 0 bridgehead atoms. The van der Waals surface area contributed by atoms with Crippen LogP contribution < -0.4 is 10.6 Å². The number of rotatable bonds is 6. The van der Waals surface area contributed by atoms with Gasteiger partial charge in [-0.1, -0.05) is 18.9 Å². The molecule has 2 N–H and O–H groups in total. The van der Waals surface area contributed by atoms with Gasteiger partial charge in [-0.15, -0.1) is 5.10 Å². The molecule has 18 heavy (non-hydrogen) atoms. The zero-order chi connectivity index (χ0) is 12.8. The Morgan fingerprint density at radius 3 is 2.78 bits per heavy atom. The van der Waals surface area contributed by atoms with Crippen LogP contribution in [0.3, 0.4) is 0 Å². The van der Waals surface area contributed by atoms with E-state index in [4.69, 9.17) is 9.15 Å². The smallest absolute Gasteiger partial charge is 0.315 e. The second kappa shape index (κ2) is 6.70. The molecular weight excluding hydrogens is 232 g/mol. The predicted octanol–water partition coefficient (Wildman–Crippen LogP) is 1.41. The predicted molar refractivity (Wildman–Crippen MR) is 68.3 cm³/mol. The molecule has 0 saturated carbocycles. The van der Waals surface area contributed by atoms with Crippen molar-refractivity contribution in [2.24, 2.45) is 5.92 Å². The van der Waals surface area contributed by atoms with Gasteiger partial charge in [0.05, 0.1) is 6.54 Å². The number of hydrogen-bond donors (Lipinski definition) is 2. The minimum absolute atomic E-state index is 0.385. The monoisotopic (exact) mass is 254 g/mol. The molecule has 0 radical (unpaired) electrons. The van der Waals surface area contributed by atoms with E-state index in [9.17, 15) is 0 Å². The number of nitrogens with one attached hydrogen (secondary N) is 2. The van der Waals surface area contributed by atoms with Crippen molar-refractivity contribution in [2.75, 3.05) is 25.1 Å². The molecule has 0 aromatic carbocycles. The van der Waals surface area contributed by atoms with Gasteiger partial charge >= 0.3 is 6.01 Å². The second-order valence-electron chi connectivity index (χ2n) is 5.06. The summed E-state index contributed by atoms with van der Waals surface area (Å²) < 4.78 is 10.8. The summed E-state index contributed by atoms with van der Waals surface area (Å²) >= 11 is 0. The second-order valence-corrected chi connectivity index (χ2v) is 5.06. The highest BCUT2D eigenvalue weighted by atomic mass is 16.5. The highest BCUT2D eigenvalue weighted by molar-refractivity contribution is 5.19. The molecule has 0 atom stereocenters. The highest BCUT2D eigenvalue weighted by Gasteiger charge is 2.16. The molecule has 1 aromatic heterocycles. The van der Waals surface area contributed by atoms with E-state index in [1.807, 2.05) is 0 Å². The summed E-state index contributed by atoms with van der Waals surface area (Å²) in [4.78, 5) is 0. The molecule has 6 nitrogen and oxygen atoms in total. The van der Waals surface area contributed by atoms with Crippen LogP contribution in [0.25, 0.3) is 0 Å². The average molecular weight is 254 g/mol. The van der Waals surface area contributed by atoms with E-state index in [2.05, 4.69) is 34.7 Å². The Hall–Kier alpha value is -1.14. The Morgan fingerprint density at radius 1 is 1.28 bits per heavy atom. The number of anilines is 1. The molecule has 1 saturated heterocycles. The number of ether oxygens (including phenoxy) is 1. The summed E-state index contributed by atoms with van der Waals surface area (Å²) in [5.41, 5.74) is 0. The summed E-state index contributed by atoms with van der Waals surface area (Å²) in [6, 6.07) is 0.902. The van der Waals surface area contributed by atoms with Gasteiger partial charge in [-0.05, 0) is 25.3 Å². The number of nitrogens with zero attached hydrogens (tertiary/aromatic N) is 2. The van der Waals surface area contributed by atoms with Crippen LogP contribution in [0.15, 0.2) is 4.42 Å². The van der Waals surface area contributed by atoms with Crippen molar-refractivity contribution in [1.82, 2.24) is 15.5 Å². The molecule has 0 unspecified atom stereocenters. The molecule has 2 heterocycles. The first-order valence-corrected chi connectivity index (χ1v) is 6.61. The van der Waals surface area contributed by atoms with Crippen molar-refractivity contribution >= 4 is 6.01 Å². The third-order valence-corrected chi connectivity index (χ3v) is 2.84. The van der Waals surface area contributed by atoms with Crippen LogP contribution in [0.5, 0.6) is 0 Å². The SMILES string of the molecule is CC(C)CNCc1nnc(NC2CCOCC2)o1. The van der Waals surface area contributed by atoms with Crippen molar-refractivity contribution < 1.29 is 9.15 Å². The standard InChI is InChI=1S/C12H22N4O2/c1-9(2)7-13-8-11-15-16-12(18-11)14-10-3-5-17-6-4-10/h9-10,13H,3-8H2,1-2H3,(H,14,16). The van der Waals surface area contributed by atoms with Crippen LogP contribution >= 0.6 is 0 Å². The largest absolute Gasteiger partial charge is 0.407 e. The highest BCUT2D eigenvalue weighted by Crippen LogP contribution is 2.13. The molecular formula is C12H22N4O2. The molecule has 0 spiro atoms. The molecule has 2 rings (SSSR count). The normalized spacial score (nSPS) is 17.3. The van der Waals surface area contributed by atoms with Crippen LogP contribution in [0.2, 0.25) is 0 Å². The summed E-state index contributed by atoms with van der Waals surface area (Å²) in [5.74, 6) is 1.25. The molecule has 1 aromatic rings. The van der Waals surface area contributed by atoms with Crippen molar-refractivity contribution in [3.05, 3.63) is 5.89 Å².